The molecule has 0 heterocycles. The van der Waals surface area contributed by atoms with Gasteiger partial charge in [0.1, 0.15) is 0 Å². The van der Waals surface area contributed by atoms with Gasteiger partial charge >= 0.3 is 0 Å². The molecule has 0 N–H and O–H groups in total. The maximum Gasteiger partial charge on any atom is 0.0599 e. The fourth-order valence-corrected chi connectivity index (χ4v) is 2.49. The number of methoxy groups -OCH3 is 1. The van der Waals surface area contributed by atoms with Crippen LogP contribution in [0.15, 0.2) is 0 Å². The second-order valence-electron chi connectivity index (χ2n) is 4.71. The van der Waals surface area contributed by atoms with Gasteiger partial charge in [-0.3, -0.25) is 0 Å². The van der Waals surface area contributed by atoms with E-state index in [-0.39, 0.29) is 0 Å². The van der Waals surface area contributed by atoms with Gasteiger partial charge in [0.15, 0.2) is 0 Å². The molecular weight excluding hydrogens is 160 g/mol. The lowest BCUT2D eigenvalue weighted by Crippen LogP contribution is -2.31. The Kier molecular flexibility index (Phi) is 4.24. The molecule has 13 heavy (non-hydrogen) atoms. The van der Waals surface area contributed by atoms with Gasteiger partial charge in [0.25, 0.3) is 0 Å². The average Bonchev–Trinajstić information content (AvgIpc) is 2.17. The van der Waals surface area contributed by atoms with Crippen LogP contribution in [0.3, 0.4) is 0 Å². The zero-order valence-electron chi connectivity index (χ0n) is 9.55. The predicted molar refractivity (Wildman–Crippen MR) is 56.8 cm³/mol. The van der Waals surface area contributed by atoms with Crippen molar-refractivity contribution in [3.05, 3.63) is 0 Å². The molecule has 1 rings (SSSR count). The Labute approximate surface area is 82.9 Å². The first-order chi connectivity index (χ1) is 6.19. The van der Waals surface area contributed by atoms with Crippen LogP contribution in [-0.2, 0) is 4.74 Å². The summed E-state index contributed by atoms with van der Waals surface area (Å²) in [5.41, 5.74) is 0. The van der Waals surface area contributed by atoms with E-state index in [1.165, 1.54) is 25.7 Å². The summed E-state index contributed by atoms with van der Waals surface area (Å²) in [5.74, 6) is 2.56. The molecule has 2 unspecified atom stereocenters. The van der Waals surface area contributed by atoms with Crippen molar-refractivity contribution in [2.75, 3.05) is 7.11 Å². The number of hydrogen-bond acceptors (Lipinski definition) is 1. The van der Waals surface area contributed by atoms with Crippen LogP contribution in [-0.4, -0.2) is 13.2 Å². The largest absolute Gasteiger partial charge is 0.381 e. The normalized spacial score (nSPS) is 37.4. The van der Waals surface area contributed by atoms with Gasteiger partial charge in [-0.05, 0) is 37.0 Å². The third-order valence-electron chi connectivity index (χ3n) is 3.91. The van der Waals surface area contributed by atoms with Crippen LogP contribution in [0.4, 0.5) is 0 Å². The first-order valence-corrected chi connectivity index (χ1v) is 5.71. The standard InChI is InChI=1S/C12H24O/c1-5-9(2)11-7-6-10(3)12(8-11)13-4/h9-12H,5-8H2,1-4H3/t9-,10+,11?,12?/m1/s1. The highest BCUT2D eigenvalue weighted by Gasteiger charge is 2.29. The van der Waals surface area contributed by atoms with Crippen LogP contribution in [0, 0.1) is 17.8 Å². The van der Waals surface area contributed by atoms with Gasteiger partial charge in [0.2, 0.25) is 0 Å². The number of hydrogen-bond donors (Lipinski definition) is 0. The summed E-state index contributed by atoms with van der Waals surface area (Å²) in [4.78, 5) is 0. The van der Waals surface area contributed by atoms with E-state index >= 15 is 0 Å². The van der Waals surface area contributed by atoms with Crippen LogP contribution >= 0.6 is 0 Å². The molecule has 0 radical (unpaired) electrons. The Bertz CT molecular complexity index is 144. The second kappa shape index (κ2) is 4.99. The third kappa shape index (κ3) is 2.70. The summed E-state index contributed by atoms with van der Waals surface area (Å²) < 4.78 is 5.53. The summed E-state index contributed by atoms with van der Waals surface area (Å²) in [6.45, 7) is 7.00. The SMILES string of the molecule is CC[C@@H](C)C1CC[C@H](C)C(OC)C1. The monoisotopic (exact) mass is 184 g/mol. The van der Waals surface area contributed by atoms with Gasteiger partial charge in [-0.25, -0.2) is 0 Å². The van der Waals surface area contributed by atoms with E-state index in [1.807, 2.05) is 7.11 Å². The minimum absolute atomic E-state index is 0.521. The van der Waals surface area contributed by atoms with Gasteiger partial charge in [-0.2, -0.15) is 0 Å². The van der Waals surface area contributed by atoms with Crippen LogP contribution in [0.2, 0.25) is 0 Å². The van der Waals surface area contributed by atoms with Crippen molar-refractivity contribution in [3.8, 4) is 0 Å². The molecule has 0 aromatic rings. The highest BCUT2D eigenvalue weighted by atomic mass is 16.5. The van der Waals surface area contributed by atoms with E-state index in [9.17, 15) is 0 Å². The van der Waals surface area contributed by atoms with E-state index in [1.54, 1.807) is 0 Å². The third-order valence-corrected chi connectivity index (χ3v) is 3.91. The molecule has 0 amide bonds. The summed E-state index contributed by atoms with van der Waals surface area (Å²) in [6, 6.07) is 0. The summed E-state index contributed by atoms with van der Waals surface area (Å²) >= 11 is 0. The van der Waals surface area contributed by atoms with Crippen LogP contribution in [0.1, 0.15) is 46.5 Å². The maximum atomic E-state index is 5.53. The lowest BCUT2D eigenvalue weighted by Gasteiger charge is -2.36. The average molecular weight is 184 g/mol. The van der Waals surface area contributed by atoms with Crippen LogP contribution in [0.5, 0.6) is 0 Å². The Morgan fingerprint density at radius 2 is 2.08 bits per heavy atom. The molecule has 1 aliphatic carbocycles. The summed E-state index contributed by atoms with van der Waals surface area (Å²) in [5, 5.41) is 0. The minimum Gasteiger partial charge on any atom is -0.381 e. The van der Waals surface area contributed by atoms with Crippen molar-refractivity contribution >= 4 is 0 Å². The van der Waals surface area contributed by atoms with Crippen molar-refractivity contribution in [3.63, 3.8) is 0 Å². The predicted octanol–water partition coefficient (Wildman–Crippen LogP) is 3.48. The van der Waals surface area contributed by atoms with E-state index < -0.39 is 0 Å². The highest BCUT2D eigenvalue weighted by Crippen LogP contribution is 2.35. The molecule has 1 heteroatoms. The molecule has 0 aromatic heterocycles. The molecule has 0 spiro atoms. The molecule has 1 saturated carbocycles. The number of ether oxygens (including phenoxy) is 1. The molecular formula is C12H24O. The van der Waals surface area contributed by atoms with E-state index in [4.69, 9.17) is 4.74 Å². The van der Waals surface area contributed by atoms with Crippen molar-refractivity contribution in [2.45, 2.75) is 52.6 Å². The first kappa shape index (κ1) is 11.0. The van der Waals surface area contributed by atoms with Crippen LogP contribution < -0.4 is 0 Å². The van der Waals surface area contributed by atoms with Crippen LogP contribution in [0.25, 0.3) is 0 Å². The molecule has 0 aromatic carbocycles. The minimum atomic E-state index is 0.521. The molecule has 0 bridgehead atoms. The summed E-state index contributed by atoms with van der Waals surface area (Å²) in [7, 11) is 1.86. The Morgan fingerprint density at radius 3 is 2.62 bits per heavy atom. The zero-order valence-corrected chi connectivity index (χ0v) is 9.55. The van der Waals surface area contributed by atoms with Gasteiger partial charge in [0, 0.05) is 7.11 Å². The molecule has 0 saturated heterocycles. The topological polar surface area (TPSA) is 9.23 Å². The van der Waals surface area contributed by atoms with Crippen molar-refractivity contribution < 1.29 is 4.74 Å². The molecule has 1 nitrogen and oxygen atoms in total. The first-order valence-electron chi connectivity index (χ1n) is 5.71. The molecule has 4 atom stereocenters. The molecule has 78 valence electrons. The number of rotatable bonds is 3. The smallest absolute Gasteiger partial charge is 0.0599 e. The van der Waals surface area contributed by atoms with Gasteiger partial charge < -0.3 is 4.74 Å². The molecule has 0 aliphatic heterocycles. The van der Waals surface area contributed by atoms with Gasteiger partial charge in [-0.15, -0.1) is 0 Å². The van der Waals surface area contributed by atoms with E-state index in [0.717, 1.165) is 17.8 Å². The molecule has 1 fully saturated rings. The summed E-state index contributed by atoms with van der Waals surface area (Å²) in [6.07, 6.45) is 5.89. The van der Waals surface area contributed by atoms with Crippen molar-refractivity contribution in [1.82, 2.24) is 0 Å². The lowest BCUT2D eigenvalue weighted by atomic mass is 9.74. The Morgan fingerprint density at radius 1 is 1.38 bits per heavy atom. The van der Waals surface area contributed by atoms with Gasteiger partial charge in [-0.1, -0.05) is 27.2 Å². The highest BCUT2D eigenvalue weighted by molar-refractivity contribution is 4.80. The second-order valence-corrected chi connectivity index (χ2v) is 4.71. The quantitative estimate of drug-likeness (QED) is 0.652. The fraction of sp³-hybridized carbons (Fsp3) is 1.00. The fourth-order valence-electron chi connectivity index (χ4n) is 2.49. The zero-order chi connectivity index (χ0) is 9.84. The molecule has 1 aliphatic rings. The van der Waals surface area contributed by atoms with Crippen molar-refractivity contribution in [2.24, 2.45) is 17.8 Å². The Balaban J connectivity index is 2.44. The Hall–Kier alpha value is -0.0400. The van der Waals surface area contributed by atoms with E-state index in [2.05, 4.69) is 20.8 Å². The van der Waals surface area contributed by atoms with Gasteiger partial charge in [0.05, 0.1) is 6.10 Å². The van der Waals surface area contributed by atoms with E-state index in [0.29, 0.717) is 6.10 Å². The lowest BCUT2D eigenvalue weighted by molar-refractivity contribution is 0.000997. The van der Waals surface area contributed by atoms with Crippen molar-refractivity contribution in [1.29, 1.82) is 0 Å². The maximum absolute atomic E-state index is 5.53.